The second-order valence-electron chi connectivity index (χ2n) is 6.04. The van der Waals surface area contributed by atoms with Crippen molar-refractivity contribution >= 4 is 16.6 Å². The first-order valence-electron chi connectivity index (χ1n) is 7.69. The van der Waals surface area contributed by atoms with E-state index in [9.17, 15) is 0 Å². The first-order valence-corrected chi connectivity index (χ1v) is 7.69. The van der Waals surface area contributed by atoms with E-state index < -0.39 is 0 Å². The molecule has 2 aromatic rings. The first kappa shape index (κ1) is 13.3. The van der Waals surface area contributed by atoms with E-state index in [0.717, 1.165) is 17.4 Å². The van der Waals surface area contributed by atoms with Crippen LogP contribution in [0.3, 0.4) is 0 Å². The fourth-order valence-electron chi connectivity index (χ4n) is 3.55. The van der Waals surface area contributed by atoms with Crippen molar-refractivity contribution in [2.45, 2.75) is 46.1 Å². The zero-order valence-corrected chi connectivity index (χ0v) is 12.6. The third-order valence-corrected chi connectivity index (χ3v) is 4.95. The van der Waals surface area contributed by atoms with Gasteiger partial charge in [-0.2, -0.15) is 5.10 Å². The van der Waals surface area contributed by atoms with E-state index in [2.05, 4.69) is 53.6 Å². The van der Waals surface area contributed by atoms with Crippen molar-refractivity contribution in [2.75, 3.05) is 5.32 Å². The summed E-state index contributed by atoms with van der Waals surface area (Å²) in [5.74, 6) is 2.50. The van der Waals surface area contributed by atoms with Crippen LogP contribution in [0.4, 0.5) is 5.82 Å². The van der Waals surface area contributed by atoms with Gasteiger partial charge in [-0.25, -0.2) is 0 Å². The molecule has 1 aromatic carbocycles. The number of hydrogen-bond donors (Lipinski definition) is 1. The van der Waals surface area contributed by atoms with Gasteiger partial charge >= 0.3 is 0 Å². The highest BCUT2D eigenvalue weighted by atomic mass is 15.2. The summed E-state index contributed by atoms with van der Waals surface area (Å²) >= 11 is 0. The number of fused-ring (bicyclic) bond motifs is 1. The molecular weight excluding hydrogens is 246 g/mol. The molecule has 1 N–H and O–H groups in total. The molecule has 1 saturated carbocycles. The number of rotatable bonds is 3. The molecule has 1 aliphatic carbocycles. The molecule has 1 heterocycles. The Morgan fingerprint density at radius 2 is 1.90 bits per heavy atom. The highest BCUT2D eigenvalue weighted by Crippen LogP contribution is 2.36. The van der Waals surface area contributed by atoms with E-state index in [4.69, 9.17) is 0 Å². The summed E-state index contributed by atoms with van der Waals surface area (Å²) in [5, 5.41) is 14.7. The molecule has 0 radical (unpaired) electrons. The topological polar surface area (TPSA) is 37.8 Å². The Kier molecular flexibility index (Phi) is 3.60. The molecule has 1 aromatic heterocycles. The molecular formula is C17H23N3. The third kappa shape index (κ3) is 2.26. The molecule has 0 amide bonds. The highest BCUT2D eigenvalue weighted by Gasteiger charge is 2.31. The average Bonchev–Trinajstić information content (AvgIpc) is 2.83. The van der Waals surface area contributed by atoms with E-state index in [1.807, 2.05) is 6.92 Å². The summed E-state index contributed by atoms with van der Waals surface area (Å²) < 4.78 is 0. The van der Waals surface area contributed by atoms with Crippen LogP contribution < -0.4 is 5.32 Å². The molecule has 3 nitrogen and oxygen atoms in total. The lowest BCUT2D eigenvalue weighted by Crippen LogP contribution is -2.25. The normalized spacial score (nSPS) is 26.1. The molecule has 3 heteroatoms. The summed E-state index contributed by atoms with van der Waals surface area (Å²) in [6, 6.07) is 8.92. The lowest BCUT2D eigenvalue weighted by Gasteiger charge is -2.22. The number of aromatic nitrogens is 2. The van der Waals surface area contributed by atoms with Crippen molar-refractivity contribution < 1.29 is 0 Å². The van der Waals surface area contributed by atoms with Crippen LogP contribution in [0.2, 0.25) is 0 Å². The quantitative estimate of drug-likeness (QED) is 0.908. The molecule has 0 bridgehead atoms. The summed E-state index contributed by atoms with van der Waals surface area (Å²) in [6.45, 7) is 6.68. The lowest BCUT2D eigenvalue weighted by molar-refractivity contribution is 0.391. The van der Waals surface area contributed by atoms with Crippen LogP contribution in [0.5, 0.6) is 0 Å². The fourth-order valence-corrected chi connectivity index (χ4v) is 3.55. The predicted octanol–water partition coefficient (Wildman–Crippen LogP) is 4.17. The van der Waals surface area contributed by atoms with Crippen molar-refractivity contribution in [1.29, 1.82) is 0 Å². The molecule has 0 spiro atoms. The number of nitrogens with one attached hydrogen (secondary N) is 1. The molecule has 1 aliphatic rings. The van der Waals surface area contributed by atoms with Crippen molar-refractivity contribution in [3.63, 3.8) is 0 Å². The zero-order valence-electron chi connectivity index (χ0n) is 12.6. The average molecular weight is 269 g/mol. The molecule has 0 aliphatic heterocycles. The summed E-state index contributed by atoms with van der Waals surface area (Å²) in [6.07, 6.45) is 3.84. The van der Waals surface area contributed by atoms with E-state index in [-0.39, 0.29) is 0 Å². The van der Waals surface area contributed by atoms with Crippen molar-refractivity contribution in [2.24, 2.45) is 11.8 Å². The Labute approximate surface area is 120 Å². The molecule has 3 atom stereocenters. The molecule has 20 heavy (non-hydrogen) atoms. The molecule has 1 fully saturated rings. The smallest absolute Gasteiger partial charge is 0.156 e. The molecule has 3 rings (SSSR count). The van der Waals surface area contributed by atoms with Gasteiger partial charge in [0.05, 0.1) is 5.69 Å². The van der Waals surface area contributed by atoms with Crippen LogP contribution in [0.1, 0.15) is 38.8 Å². The molecule has 3 unspecified atom stereocenters. The first-order chi connectivity index (χ1) is 9.70. The van der Waals surface area contributed by atoms with E-state index in [1.165, 1.54) is 30.0 Å². The Balaban J connectivity index is 1.90. The SMILES string of the molecule is CCC1CCC(Nc2nnc(C)c3ccccc23)C1C. The van der Waals surface area contributed by atoms with Gasteiger partial charge in [0.25, 0.3) is 0 Å². The second-order valence-corrected chi connectivity index (χ2v) is 6.04. The van der Waals surface area contributed by atoms with Crippen molar-refractivity contribution in [1.82, 2.24) is 10.2 Å². The Morgan fingerprint density at radius 1 is 1.15 bits per heavy atom. The standard InChI is InChI=1S/C17H23N3/c1-4-13-9-10-16(11(13)2)18-17-15-8-6-5-7-14(15)12(3)19-20-17/h5-8,11,13,16H,4,9-10H2,1-3H3,(H,18,20). The maximum absolute atomic E-state index is 4.39. The van der Waals surface area contributed by atoms with Gasteiger partial charge in [-0.1, -0.05) is 44.5 Å². The van der Waals surface area contributed by atoms with Gasteiger partial charge in [0.15, 0.2) is 5.82 Å². The Bertz CT molecular complexity index is 608. The maximum atomic E-state index is 4.39. The number of anilines is 1. The summed E-state index contributed by atoms with van der Waals surface area (Å²) in [5.41, 5.74) is 0.997. The van der Waals surface area contributed by atoms with Gasteiger partial charge in [0.1, 0.15) is 0 Å². The lowest BCUT2D eigenvalue weighted by atomic mass is 9.93. The van der Waals surface area contributed by atoms with Crippen molar-refractivity contribution in [3.05, 3.63) is 30.0 Å². The van der Waals surface area contributed by atoms with Crippen LogP contribution in [-0.4, -0.2) is 16.2 Å². The second kappa shape index (κ2) is 5.39. The largest absolute Gasteiger partial charge is 0.365 e. The van der Waals surface area contributed by atoms with Gasteiger partial charge in [0.2, 0.25) is 0 Å². The Hall–Kier alpha value is -1.64. The summed E-state index contributed by atoms with van der Waals surface area (Å²) in [7, 11) is 0. The number of nitrogens with zero attached hydrogens (tertiary/aromatic N) is 2. The zero-order chi connectivity index (χ0) is 14.1. The summed E-state index contributed by atoms with van der Waals surface area (Å²) in [4.78, 5) is 0. The van der Waals surface area contributed by atoms with Crippen LogP contribution in [0, 0.1) is 18.8 Å². The van der Waals surface area contributed by atoms with Crippen LogP contribution in [-0.2, 0) is 0 Å². The van der Waals surface area contributed by atoms with E-state index >= 15 is 0 Å². The predicted molar refractivity (Wildman–Crippen MR) is 83.9 cm³/mol. The van der Waals surface area contributed by atoms with Gasteiger partial charge in [-0.15, -0.1) is 5.10 Å². The minimum Gasteiger partial charge on any atom is -0.365 e. The highest BCUT2D eigenvalue weighted by molar-refractivity contribution is 5.92. The van der Waals surface area contributed by atoms with Gasteiger partial charge < -0.3 is 5.32 Å². The Morgan fingerprint density at radius 3 is 2.60 bits per heavy atom. The van der Waals surface area contributed by atoms with E-state index in [1.54, 1.807) is 0 Å². The number of benzene rings is 1. The van der Waals surface area contributed by atoms with Gasteiger partial charge in [-0.05, 0) is 31.6 Å². The molecule has 106 valence electrons. The van der Waals surface area contributed by atoms with Gasteiger partial charge in [0, 0.05) is 16.8 Å². The van der Waals surface area contributed by atoms with Gasteiger partial charge in [-0.3, -0.25) is 0 Å². The van der Waals surface area contributed by atoms with Crippen LogP contribution >= 0.6 is 0 Å². The minimum absolute atomic E-state index is 0.528. The van der Waals surface area contributed by atoms with E-state index in [0.29, 0.717) is 12.0 Å². The third-order valence-electron chi connectivity index (χ3n) is 4.95. The monoisotopic (exact) mass is 269 g/mol. The van der Waals surface area contributed by atoms with Crippen LogP contribution in [0.25, 0.3) is 10.8 Å². The number of aryl methyl sites for hydroxylation is 1. The minimum atomic E-state index is 0.528. The maximum Gasteiger partial charge on any atom is 0.156 e. The van der Waals surface area contributed by atoms with Crippen LogP contribution in [0.15, 0.2) is 24.3 Å². The number of hydrogen-bond acceptors (Lipinski definition) is 3. The fraction of sp³-hybridized carbons (Fsp3) is 0.529. The molecule has 0 saturated heterocycles. The van der Waals surface area contributed by atoms with Crippen molar-refractivity contribution in [3.8, 4) is 0 Å².